The molecule has 0 amide bonds. The summed E-state index contributed by atoms with van der Waals surface area (Å²) in [4.78, 5) is 11.5. The minimum Gasteiger partial charge on any atom is -0.483 e. The van der Waals surface area contributed by atoms with Crippen LogP contribution in [0.4, 0.5) is 0 Å². The molecule has 0 radical (unpaired) electrons. The smallest absolute Gasteiger partial charge is 0.290 e. The van der Waals surface area contributed by atoms with E-state index in [9.17, 15) is 0 Å². The first-order valence-electron chi connectivity index (χ1n) is 8.76. The molecule has 1 aromatic heterocycles. The Balaban J connectivity index is 0.000000701. The molecular weight excluding hydrogens is 330 g/mol. The molecular formula is C21H29NO2S. The van der Waals surface area contributed by atoms with Crippen LogP contribution in [0.3, 0.4) is 0 Å². The zero-order valence-electron chi connectivity index (χ0n) is 15.9. The second-order valence-electron chi connectivity index (χ2n) is 7.60. The minimum absolute atomic E-state index is 0.250. The molecule has 25 heavy (non-hydrogen) atoms. The Bertz CT molecular complexity index is 747. The second kappa shape index (κ2) is 8.15. The van der Waals surface area contributed by atoms with Crippen LogP contribution >= 0.6 is 11.3 Å². The lowest BCUT2D eigenvalue weighted by Crippen LogP contribution is -2.21. The Morgan fingerprint density at radius 1 is 1.32 bits per heavy atom. The van der Waals surface area contributed by atoms with Gasteiger partial charge in [0.05, 0.1) is 0 Å². The maximum absolute atomic E-state index is 8.36. The summed E-state index contributed by atoms with van der Waals surface area (Å²) in [6.07, 6.45) is 3.80. The first-order valence-corrected chi connectivity index (χ1v) is 9.58. The molecule has 2 aromatic rings. The lowest BCUT2D eigenvalue weighted by Gasteiger charge is -2.29. The SMILES string of the molecule is CNCc1ccc(C)cc1-c1sc2c(c1C)CC(C)(C)CC2.O=CO. The fourth-order valence-corrected chi connectivity index (χ4v) is 4.94. The molecule has 1 heterocycles. The van der Waals surface area contributed by atoms with Gasteiger partial charge in [-0.3, -0.25) is 4.79 Å². The van der Waals surface area contributed by atoms with Crippen LogP contribution in [0.25, 0.3) is 10.4 Å². The number of hydrogen-bond donors (Lipinski definition) is 2. The van der Waals surface area contributed by atoms with Gasteiger partial charge >= 0.3 is 0 Å². The van der Waals surface area contributed by atoms with E-state index in [0.29, 0.717) is 5.41 Å². The highest BCUT2D eigenvalue weighted by Gasteiger charge is 2.29. The molecule has 3 rings (SSSR count). The molecule has 0 unspecified atom stereocenters. The zero-order valence-corrected chi connectivity index (χ0v) is 16.7. The van der Waals surface area contributed by atoms with E-state index in [-0.39, 0.29) is 6.47 Å². The number of thiophene rings is 1. The Morgan fingerprint density at radius 2 is 2.00 bits per heavy atom. The van der Waals surface area contributed by atoms with Gasteiger partial charge < -0.3 is 10.4 Å². The highest BCUT2D eigenvalue weighted by atomic mass is 32.1. The number of carboxylic acid groups (broad SMARTS) is 1. The van der Waals surface area contributed by atoms with Gasteiger partial charge in [0.15, 0.2) is 0 Å². The van der Waals surface area contributed by atoms with E-state index in [1.54, 1.807) is 10.4 Å². The van der Waals surface area contributed by atoms with E-state index < -0.39 is 0 Å². The van der Waals surface area contributed by atoms with Crippen LogP contribution in [0.5, 0.6) is 0 Å². The molecule has 2 N–H and O–H groups in total. The van der Waals surface area contributed by atoms with E-state index in [1.807, 2.05) is 18.4 Å². The van der Waals surface area contributed by atoms with Gasteiger partial charge in [0.2, 0.25) is 0 Å². The van der Waals surface area contributed by atoms with Crippen molar-refractivity contribution in [3.8, 4) is 10.4 Å². The van der Waals surface area contributed by atoms with Crippen LogP contribution in [-0.4, -0.2) is 18.6 Å². The molecule has 1 aliphatic rings. The summed E-state index contributed by atoms with van der Waals surface area (Å²) in [5, 5.41) is 10.2. The van der Waals surface area contributed by atoms with Crippen molar-refractivity contribution >= 4 is 17.8 Å². The molecule has 0 atom stereocenters. The predicted molar refractivity (Wildman–Crippen MR) is 106 cm³/mol. The van der Waals surface area contributed by atoms with E-state index in [1.165, 1.54) is 46.4 Å². The van der Waals surface area contributed by atoms with Gasteiger partial charge in [-0.05, 0) is 67.8 Å². The topological polar surface area (TPSA) is 49.3 Å². The van der Waals surface area contributed by atoms with Crippen molar-refractivity contribution in [1.29, 1.82) is 0 Å². The summed E-state index contributed by atoms with van der Waals surface area (Å²) in [5.74, 6) is 0. The highest BCUT2D eigenvalue weighted by molar-refractivity contribution is 7.16. The van der Waals surface area contributed by atoms with Crippen LogP contribution in [0.15, 0.2) is 18.2 Å². The Kier molecular flexibility index (Phi) is 6.42. The van der Waals surface area contributed by atoms with Crippen LogP contribution in [-0.2, 0) is 24.2 Å². The minimum atomic E-state index is -0.250. The van der Waals surface area contributed by atoms with Crippen molar-refractivity contribution in [3.63, 3.8) is 0 Å². The molecule has 0 saturated carbocycles. The number of carbonyl (C=O) groups is 1. The lowest BCUT2D eigenvalue weighted by atomic mass is 9.76. The molecule has 0 spiro atoms. The molecule has 3 nitrogen and oxygen atoms in total. The second-order valence-corrected chi connectivity index (χ2v) is 8.70. The van der Waals surface area contributed by atoms with E-state index >= 15 is 0 Å². The van der Waals surface area contributed by atoms with Gasteiger partial charge in [0.25, 0.3) is 6.47 Å². The Hall–Kier alpha value is -1.65. The fourth-order valence-electron chi connectivity index (χ4n) is 3.56. The van der Waals surface area contributed by atoms with Crippen molar-refractivity contribution in [2.24, 2.45) is 5.41 Å². The van der Waals surface area contributed by atoms with Crippen molar-refractivity contribution in [3.05, 3.63) is 45.3 Å². The van der Waals surface area contributed by atoms with Crippen molar-refractivity contribution in [2.45, 2.75) is 53.5 Å². The van der Waals surface area contributed by atoms with Crippen LogP contribution in [0.1, 0.15) is 47.4 Å². The fraction of sp³-hybridized carbons (Fsp3) is 0.476. The molecule has 0 aliphatic heterocycles. The predicted octanol–water partition coefficient (Wildman–Crippen LogP) is 4.97. The van der Waals surface area contributed by atoms with Gasteiger partial charge in [-0.15, -0.1) is 11.3 Å². The number of aryl methyl sites for hydroxylation is 2. The quantitative estimate of drug-likeness (QED) is 0.761. The van der Waals surface area contributed by atoms with Gasteiger partial charge in [-0.25, -0.2) is 0 Å². The van der Waals surface area contributed by atoms with Crippen LogP contribution in [0, 0.1) is 19.3 Å². The van der Waals surface area contributed by atoms with E-state index in [2.05, 4.69) is 51.2 Å². The monoisotopic (exact) mass is 359 g/mol. The van der Waals surface area contributed by atoms with Gasteiger partial charge in [0, 0.05) is 16.3 Å². The number of benzene rings is 1. The first kappa shape index (κ1) is 19.7. The summed E-state index contributed by atoms with van der Waals surface area (Å²) in [6, 6.07) is 6.87. The van der Waals surface area contributed by atoms with Gasteiger partial charge in [-0.2, -0.15) is 0 Å². The number of fused-ring (bicyclic) bond motifs is 1. The number of rotatable bonds is 3. The van der Waals surface area contributed by atoms with Crippen LogP contribution < -0.4 is 5.32 Å². The average Bonchev–Trinajstić information content (AvgIpc) is 2.86. The summed E-state index contributed by atoms with van der Waals surface area (Å²) in [7, 11) is 2.03. The average molecular weight is 360 g/mol. The van der Waals surface area contributed by atoms with Crippen molar-refractivity contribution < 1.29 is 9.90 Å². The highest BCUT2D eigenvalue weighted by Crippen LogP contribution is 2.45. The molecule has 0 fully saturated rings. The summed E-state index contributed by atoms with van der Waals surface area (Å²) in [6.45, 7) is 10.0. The Morgan fingerprint density at radius 3 is 2.64 bits per heavy atom. The lowest BCUT2D eigenvalue weighted by molar-refractivity contribution is -0.122. The zero-order chi connectivity index (χ0) is 18.6. The van der Waals surface area contributed by atoms with Gasteiger partial charge in [0.1, 0.15) is 0 Å². The third kappa shape index (κ3) is 4.50. The largest absolute Gasteiger partial charge is 0.483 e. The summed E-state index contributed by atoms with van der Waals surface area (Å²) >= 11 is 2.04. The molecule has 4 heteroatoms. The summed E-state index contributed by atoms with van der Waals surface area (Å²) in [5.41, 5.74) is 7.80. The molecule has 1 aromatic carbocycles. The van der Waals surface area contributed by atoms with E-state index in [0.717, 1.165) is 6.54 Å². The van der Waals surface area contributed by atoms with E-state index in [4.69, 9.17) is 9.90 Å². The van der Waals surface area contributed by atoms with Crippen molar-refractivity contribution in [2.75, 3.05) is 7.05 Å². The third-order valence-electron chi connectivity index (χ3n) is 4.92. The number of nitrogens with one attached hydrogen (secondary N) is 1. The first-order chi connectivity index (χ1) is 11.8. The molecule has 0 saturated heterocycles. The molecule has 1 aliphatic carbocycles. The third-order valence-corrected chi connectivity index (χ3v) is 6.34. The maximum Gasteiger partial charge on any atom is 0.290 e. The maximum atomic E-state index is 8.36. The Labute approximate surface area is 155 Å². The molecule has 0 bridgehead atoms. The van der Waals surface area contributed by atoms with Gasteiger partial charge in [-0.1, -0.05) is 37.6 Å². The summed E-state index contributed by atoms with van der Waals surface area (Å²) < 4.78 is 0. The molecule has 136 valence electrons. The van der Waals surface area contributed by atoms with Crippen LogP contribution in [0.2, 0.25) is 0 Å². The number of hydrogen-bond acceptors (Lipinski definition) is 3. The van der Waals surface area contributed by atoms with Crippen molar-refractivity contribution in [1.82, 2.24) is 5.32 Å². The standard InChI is InChI=1S/C20H27NS.CH2O2/c1-13-6-7-15(12-21-5)16(10-13)19-14(2)17-11-20(3,4)9-8-18(17)22-19;2-1-3/h6-7,10,21H,8-9,11-12H2,1-5H3;1H,(H,2,3). The normalized spacial score (nSPS) is 15.1.